The van der Waals surface area contributed by atoms with E-state index in [1.165, 1.54) is 11.3 Å². The summed E-state index contributed by atoms with van der Waals surface area (Å²) in [5, 5.41) is 9.18. The molecule has 2 heterocycles. The highest BCUT2D eigenvalue weighted by Gasteiger charge is 2.15. The first-order valence-electron chi connectivity index (χ1n) is 8.16. The van der Waals surface area contributed by atoms with Crippen LogP contribution in [-0.4, -0.2) is 27.6 Å². The van der Waals surface area contributed by atoms with Crippen LogP contribution in [0.1, 0.15) is 5.56 Å². The maximum absolute atomic E-state index is 12.3. The summed E-state index contributed by atoms with van der Waals surface area (Å²) in [6.07, 6.45) is 0.263. The molecule has 0 aliphatic carbocycles. The zero-order valence-corrected chi connectivity index (χ0v) is 16.8. The smallest absolute Gasteiger partial charge is 0.250 e. The van der Waals surface area contributed by atoms with Crippen molar-refractivity contribution in [3.8, 4) is 17.0 Å². The van der Waals surface area contributed by atoms with Crippen molar-refractivity contribution in [1.29, 1.82) is 0 Å². The summed E-state index contributed by atoms with van der Waals surface area (Å²) >= 11 is 4.84. The zero-order chi connectivity index (χ0) is 18.8. The first kappa shape index (κ1) is 17.7. The third-order valence-corrected chi connectivity index (χ3v) is 5.34. The van der Waals surface area contributed by atoms with Crippen molar-refractivity contribution in [3.63, 3.8) is 0 Å². The van der Waals surface area contributed by atoms with E-state index >= 15 is 0 Å². The number of nitrogens with one attached hydrogen (secondary N) is 1. The van der Waals surface area contributed by atoms with E-state index in [4.69, 9.17) is 4.74 Å². The molecule has 0 atom stereocenters. The monoisotopic (exact) mass is 442 g/mol. The zero-order valence-electron chi connectivity index (χ0n) is 14.3. The third-order valence-electron chi connectivity index (χ3n) is 3.99. The van der Waals surface area contributed by atoms with Crippen LogP contribution in [0, 0.1) is 0 Å². The largest absolute Gasteiger partial charge is 0.496 e. The molecule has 0 saturated carbocycles. The number of aromatic nitrogens is 3. The number of nitrogens with zero attached hydrogens (tertiary/aromatic N) is 3. The lowest BCUT2D eigenvalue weighted by Crippen LogP contribution is -2.15. The van der Waals surface area contributed by atoms with Crippen LogP contribution in [0.2, 0.25) is 0 Å². The number of carbonyl (C=O) groups is 1. The molecular formula is C19H15BrN4O2S. The molecule has 0 saturated heterocycles. The van der Waals surface area contributed by atoms with Gasteiger partial charge in [-0.05, 0) is 29.8 Å². The lowest BCUT2D eigenvalue weighted by molar-refractivity contribution is -0.115. The molecule has 0 radical (unpaired) electrons. The molecule has 136 valence electrons. The second-order valence-corrected chi connectivity index (χ2v) is 7.55. The Hall–Kier alpha value is -2.71. The van der Waals surface area contributed by atoms with Crippen LogP contribution < -0.4 is 10.1 Å². The predicted octanol–water partition coefficient (Wildman–Crippen LogP) is 4.41. The maximum atomic E-state index is 12.3. The van der Waals surface area contributed by atoms with Crippen LogP contribution in [0.25, 0.3) is 16.2 Å². The van der Waals surface area contributed by atoms with Crippen LogP contribution in [-0.2, 0) is 11.2 Å². The van der Waals surface area contributed by atoms with E-state index in [1.807, 2.05) is 53.9 Å². The van der Waals surface area contributed by atoms with Crippen LogP contribution in [0.3, 0.4) is 0 Å². The molecule has 1 N–H and O–H groups in total. The molecule has 0 aliphatic heterocycles. The molecular weight excluding hydrogens is 428 g/mol. The third kappa shape index (κ3) is 3.72. The number of hydrogen-bond acceptors (Lipinski definition) is 5. The molecule has 0 aliphatic rings. The minimum absolute atomic E-state index is 0.158. The highest BCUT2D eigenvalue weighted by atomic mass is 79.9. The second-order valence-electron chi connectivity index (χ2n) is 5.80. The van der Waals surface area contributed by atoms with Crippen molar-refractivity contribution < 1.29 is 9.53 Å². The number of benzene rings is 2. The molecule has 1 amide bonds. The maximum Gasteiger partial charge on any atom is 0.250 e. The van der Waals surface area contributed by atoms with Gasteiger partial charge in [-0.3, -0.25) is 10.1 Å². The Morgan fingerprint density at radius 2 is 2.00 bits per heavy atom. The standard InChI is InChI=1S/C19H15BrN4O2S/c1-26-16-5-3-2-4-14(16)15-11-27-19-22-18(23-24(15)19)21-17(25)10-12-6-8-13(20)9-7-12/h2-9,11H,10H2,1H3,(H,21,23,25). The predicted molar refractivity (Wildman–Crippen MR) is 109 cm³/mol. The number of methoxy groups -OCH3 is 1. The Morgan fingerprint density at radius 1 is 1.22 bits per heavy atom. The van der Waals surface area contributed by atoms with Gasteiger partial charge in [0.05, 0.1) is 19.2 Å². The van der Waals surface area contributed by atoms with Crippen molar-refractivity contribution in [2.45, 2.75) is 6.42 Å². The topological polar surface area (TPSA) is 68.5 Å². The Balaban J connectivity index is 1.56. The van der Waals surface area contributed by atoms with Crippen LogP contribution in [0.15, 0.2) is 58.4 Å². The summed E-state index contributed by atoms with van der Waals surface area (Å²) in [6.45, 7) is 0. The number of thiazole rings is 1. The highest BCUT2D eigenvalue weighted by molar-refractivity contribution is 9.10. The first-order chi connectivity index (χ1) is 13.1. The van der Waals surface area contributed by atoms with Crippen molar-refractivity contribution >= 4 is 44.1 Å². The average molecular weight is 443 g/mol. The number of amides is 1. The number of ether oxygens (including phenoxy) is 1. The molecule has 0 spiro atoms. The molecule has 0 fully saturated rings. The van der Waals surface area contributed by atoms with E-state index in [1.54, 1.807) is 11.6 Å². The minimum atomic E-state index is -0.158. The van der Waals surface area contributed by atoms with Gasteiger partial charge in [0.25, 0.3) is 0 Å². The molecule has 2 aromatic carbocycles. The number of para-hydroxylation sites is 1. The SMILES string of the molecule is COc1ccccc1-c1csc2nc(NC(=O)Cc3ccc(Br)cc3)nn12. The summed E-state index contributed by atoms with van der Waals surface area (Å²) in [7, 11) is 1.64. The molecule has 8 heteroatoms. The van der Waals surface area contributed by atoms with E-state index in [2.05, 4.69) is 31.3 Å². The highest BCUT2D eigenvalue weighted by Crippen LogP contribution is 2.32. The molecule has 2 aromatic heterocycles. The molecule has 0 unspecified atom stereocenters. The summed E-state index contributed by atoms with van der Waals surface area (Å²) in [4.78, 5) is 17.4. The molecule has 4 aromatic rings. The normalized spacial score (nSPS) is 10.9. The lowest BCUT2D eigenvalue weighted by atomic mass is 10.1. The van der Waals surface area contributed by atoms with Gasteiger partial charge >= 0.3 is 0 Å². The Bertz CT molecular complexity index is 1100. The van der Waals surface area contributed by atoms with Gasteiger partial charge < -0.3 is 4.74 Å². The van der Waals surface area contributed by atoms with Gasteiger partial charge in [-0.1, -0.05) is 40.2 Å². The van der Waals surface area contributed by atoms with Crippen LogP contribution >= 0.6 is 27.3 Å². The number of anilines is 1. The van der Waals surface area contributed by atoms with Gasteiger partial charge in [-0.2, -0.15) is 4.98 Å². The number of hydrogen-bond donors (Lipinski definition) is 1. The van der Waals surface area contributed by atoms with Crippen molar-refractivity contribution in [2.75, 3.05) is 12.4 Å². The molecule has 6 nitrogen and oxygen atoms in total. The molecule has 27 heavy (non-hydrogen) atoms. The Kier molecular flexibility index (Phi) is 4.91. The van der Waals surface area contributed by atoms with Gasteiger partial charge in [0.2, 0.25) is 16.8 Å². The van der Waals surface area contributed by atoms with Gasteiger partial charge in [0.1, 0.15) is 5.75 Å². The van der Waals surface area contributed by atoms with Gasteiger partial charge in [0.15, 0.2) is 0 Å². The Labute approximate surface area is 167 Å². The quantitative estimate of drug-likeness (QED) is 0.496. The Morgan fingerprint density at radius 3 is 2.78 bits per heavy atom. The van der Waals surface area contributed by atoms with Gasteiger partial charge in [-0.25, -0.2) is 4.52 Å². The van der Waals surface area contributed by atoms with Crippen LogP contribution in [0.5, 0.6) is 5.75 Å². The second kappa shape index (κ2) is 7.50. The summed E-state index contributed by atoms with van der Waals surface area (Å²) < 4.78 is 8.13. The first-order valence-corrected chi connectivity index (χ1v) is 9.83. The van der Waals surface area contributed by atoms with Gasteiger partial charge in [0, 0.05) is 15.4 Å². The van der Waals surface area contributed by atoms with E-state index in [9.17, 15) is 4.79 Å². The minimum Gasteiger partial charge on any atom is -0.496 e. The van der Waals surface area contributed by atoms with Crippen molar-refractivity contribution in [1.82, 2.24) is 14.6 Å². The van der Waals surface area contributed by atoms with E-state index in [0.717, 1.165) is 27.0 Å². The van der Waals surface area contributed by atoms with Crippen molar-refractivity contribution in [3.05, 3.63) is 63.9 Å². The number of fused-ring (bicyclic) bond motifs is 1. The fourth-order valence-electron chi connectivity index (χ4n) is 2.73. The number of carbonyl (C=O) groups excluding carboxylic acids is 1. The summed E-state index contributed by atoms with van der Waals surface area (Å²) in [6, 6.07) is 15.4. The van der Waals surface area contributed by atoms with Crippen LogP contribution in [0.4, 0.5) is 5.95 Å². The van der Waals surface area contributed by atoms with E-state index in [-0.39, 0.29) is 12.3 Å². The average Bonchev–Trinajstić information content (AvgIpc) is 3.23. The molecule has 4 rings (SSSR count). The molecule has 0 bridgehead atoms. The lowest BCUT2D eigenvalue weighted by Gasteiger charge is -2.06. The van der Waals surface area contributed by atoms with Crippen molar-refractivity contribution in [2.24, 2.45) is 0 Å². The fourth-order valence-corrected chi connectivity index (χ4v) is 3.82. The summed E-state index contributed by atoms with van der Waals surface area (Å²) in [5.41, 5.74) is 2.71. The van der Waals surface area contributed by atoms with E-state index in [0.29, 0.717) is 10.9 Å². The number of rotatable bonds is 5. The van der Waals surface area contributed by atoms with Gasteiger partial charge in [-0.15, -0.1) is 16.4 Å². The van der Waals surface area contributed by atoms with E-state index < -0.39 is 0 Å². The number of halogens is 1. The fraction of sp³-hybridized carbons (Fsp3) is 0.105. The summed E-state index contributed by atoms with van der Waals surface area (Å²) in [5.74, 6) is 0.892.